The second kappa shape index (κ2) is 4.85. The van der Waals surface area contributed by atoms with Crippen molar-refractivity contribution in [3.63, 3.8) is 0 Å². The fourth-order valence-corrected chi connectivity index (χ4v) is 2.05. The molecule has 0 aliphatic heterocycles. The molecule has 0 aromatic carbocycles. The summed E-state index contributed by atoms with van der Waals surface area (Å²) in [7, 11) is 1.79. The molecule has 1 N–H and O–H groups in total. The van der Waals surface area contributed by atoms with E-state index in [-0.39, 0.29) is 0 Å². The maximum Gasteiger partial charge on any atom is 0.130 e. The van der Waals surface area contributed by atoms with Crippen LogP contribution in [-0.4, -0.2) is 19.9 Å². The van der Waals surface area contributed by atoms with Gasteiger partial charge in [-0.15, -0.1) is 0 Å². The first-order valence-electron chi connectivity index (χ1n) is 5.35. The van der Waals surface area contributed by atoms with Gasteiger partial charge in [-0.2, -0.15) is 5.10 Å². The molecular weight excluding hydrogens is 238 g/mol. The number of aliphatic hydroxyl groups is 1. The van der Waals surface area contributed by atoms with E-state index in [0.29, 0.717) is 11.6 Å². The topological polar surface area (TPSA) is 50.9 Å². The van der Waals surface area contributed by atoms with Crippen LogP contribution in [0.15, 0.2) is 24.5 Å². The lowest BCUT2D eigenvalue weighted by Crippen LogP contribution is -2.02. The van der Waals surface area contributed by atoms with Gasteiger partial charge >= 0.3 is 0 Å². The van der Waals surface area contributed by atoms with E-state index >= 15 is 0 Å². The summed E-state index contributed by atoms with van der Waals surface area (Å²) in [4.78, 5) is 3.92. The van der Waals surface area contributed by atoms with Gasteiger partial charge in [0.1, 0.15) is 5.15 Å². The highest BCUT2D eigenvalue weighted by Gasteiger charge is 2.16. The van der Waals surface area contributed by atoms with Crippen LogP contribution in [0.1, 0.15) is 22.9 Å². The predicted octanol–water partition coefficient (Wildman–Crippen LogP) is 2.05. The van der Waals surface area contributed by atoms with Gasteiger partial charge in [-0.1, -0.05) is 11.6 Å². The third-order valence-corrected chi connectivity index (χ3v) is 3.23. The Labute approximate surface area is 105 Å². The zero-order chi connectivity index (χ0) is 12.4. The summed E-state index contributed by atoms with van der Waals surface area (Å²) in [5.41, 5.74) is 2.57. The Balaban J connectivity index is 2.22. The molecule has 90 valence electrons. The average molecular weight is 252 g/mol. The van der Waals surface area contributed by atoms with Crippen molar-refractivity contribution in [3.8, 4) is 0 Å². The van der Waals surface area contributed by atoms with E-state index < -0.39 is 6.10 Å². The summed E-state index contributed by atoms with van der Waals surface area (Å²) in [6, 6.07) is 3.59. The van der Waals surface area contributed by atoms with Crippen molar-refractivity contribution in [3.05, 3.63) is 46.5 Å². The van der Waals surface area contributed by atoms with Crippen LogP contribution >= 0.6 is 11.6 Å². The van der Waals surface area contributed by atoms with E-state index in [1.165, 1.54) is 0 Å². The molecule has 17 heavy (non-hydrogen) atoms. The first kappa shape index (κ1) is 12.1. The minimum atomic E-state index is -0.585. The molecule has 0 bridgehead atoms. The summed E-state index contributed by atoms with van der Waals surface area (Å²) in [6.07, 6.45) is 3.20. The predicted molar refractivity (Wildman–Crippen MR) is 65.9 cm³/mol. The molecule has 2 rings (SSSR count). The Bertz CT molecular complexity index is 510. The van der Waals surface area contributed by atoms with E-state index in [4.69, 9.17) is 11.6 Å². The van der Waals surface area contributed by atoms with Gasteiger partial charge in [-0.3, -0.25) is 9.67 Å². The van der Waals surface area contributed by atoms with Crippen LogP contribution in [0.2, 0.25) is 5.15 Å². The van der Waals surface area contributed by atoms with Crippen molar-refractivity contribution in [2.75, 3.05) is 0 Å². The molecule has 4 nitrogen and oxygen atoms in total. The van der Waals surface area contributed by atoms with E-state index in [1.54, 1.807) is 36.3 Å². The van der Waals surface area contributed by atoms with Gasteiger partial charge in [0.05, 0.1) is 11.8 Å². The van der Waals surface area contributed by atoms with Crippen LogP contribution in [-0.2, 0) is 13.5 Å². The second-order valence-corrected chi connectivity index (χ2v) is 4.34. The third-order valence-electron chi connectivity index (χ3n) is 2.76. The summed E-state index contributed by atoms with van der Waals surface area (Å²) in [6.45, 7) is 1.89. The van der Waals surface area contributed by atoms with E-state index in [9.17, 15) is 5.11 Å². The van der Waals surface area contributed by atoms with Gasteiger partial charge in [-0.25, -0.2) is 0 Å². The van der Waals surface area contributed by atoms with Gasteiger partial charge in [0.25, 0.3) is 0 Å². The second-order valence-electron chi connectivity index (χ2n) is 3.98. The highest BCUT2D eigenvalue weighted by atomic mass is 35.5. The van der Waals surface area contributed by atoms with Gasteiger partial charge in [-0.05, 0) is 24.6 Å². The number of halogens is 1. The molecule has 2 aromatic rings. The molecule has 0 amide bonds. The molecule has 0 saturated heterocycles. The average Bonchev–Trinajstić information content (AvgIpc) is 2.57. The molecule has 0 spiro atoms. The van der Waals surface area contributed by atoms with Crippen molar-refractivity contribution in [2.45, 2.75) is 19.4 Å². The molecule has 5 heteroatoms. The van der Waals surface area contributed by atoms with Crippen LogP contribution in [0.3, 0.4) is 0 Å². The fourth-order valence-electron chi connectivity index (χ4n) is 1.80. The zero-order valence-electron chi connectivity index (χ0n) is 9.76. The Morgan fingerprint density at radius 2 is 2.06 bits per heavy atom. The first-order valence-corrected chi connectivity index (χ1v) is 5.73. The third kappa shape index (κ3) is 2.48. The number of pyridine rings is 1. The number of hydrogen-bond acceptors (Lipinski definition) is 3. The Morgan fingerprint density at radius 1 is 1.41 bits per heavy atom. The minimum Gasteiger partial charge on any atom is -0.388 e. The molecule has 2 heterocycles. The molecule has 0 aliphatic rings. The van der Waals surface area contributed by atoms with Gasteiger partial charge < -0.3 is 5.11 Å². The van der Waals surface area contributed by atoms with Gasteiger partial charge in [0.2, 0.25) is 0 Å². The van der Waals surface area contributed by atoms with E-state index in [1.807, 2.05) is 6.92 Å². The molecular formula is C12H14ClN3O. The number of nitrogens with zero attached hydrogens (tertiary/aromatic N) is 3. The van der Waals surface area contributed by atoms with E-state index in [2.05, 4.69) is 10.1 Å². The summed E-state index contributed by atoms with van der Waals surface area (Å²) in [5.74, 6) is 0. The number of aromatic nitrogens is 3. The molecule has 0 radical (unpaired) electrons. The number of hydrogen-bond donors (Lipinski definition) is 1. The molecule has 2 aromatic heterocycles. The Kier molecular flexibility index (Phi) is 3.45. The van der Waals surface area contributed by atoms with Gasteiger partial charge in [0, 0.05) is 31.4 Å². The van der Waals surface area contributed by atoms with Crippen LogP contribution in [0.5, 0.6) is 0 Å². The molecule has 0 fully saturated rings. The molecule has 0 aliphatic carbocycles. The molecule has 0 saturated carbocycles. The summed E-state index contributed by atoms with van der Waals surface area (Å²) >= 11 is 6.12. The van der Waals surface area contributed by atoms with Crippen molar-refractivity contribution >= 4 is 11.6 Å². The van der Waals surface area contributed by atoms with Crippen LogP contribution in [0.4, 0.5) is 0 Å². The van der Waals surface area contributed by atoms with Crippen LogP contribution < -0.4 is 0 Å². The minimum absolute atomic E-state index is 0.461. The van der Waals surface area contributed by atoms with Crippen molar-refractivity contribution < 1.29 is 5.11 Å². The van der Waals surface area contributed by atoms with Crippen LogP contribution in [0.25, 0.3) is 0 Å². The fraction of sp³-hybridized carbons (Fsp3) is 0.333. The van der Waals surface area contributed by atoms with Gasteiger partial charge in [0.15, 0.2) is 0 Å². The maximum atomic E-state index is 10.1. The normalized spacial score (nSPS) is 12.7. The summed E-state index contributed by atoms with van der Waals surface area (Å²) < 4.78 is 1.62. The molecule has 1 unspecified atom stereocenters. The van der Waals surface area contributed by atoms with E-state index in [0.717, 1.165) is 16.8 Å². The monoisotopic (exact) mass is 251 g/mol. The Morgan fingerprint density at radius 3 is 2.59 bits per heavy atom. The van der Waals surface area contributed by atoms with Crippen molar-refractivity contribution in [2.24, 2.45) is 7.05 Å². The standard InChI is InChI=1S/C12H14ClN3O/c1-8-10(12(13)16(2)15-8)7-11(17)9-3-5-14-6-4-9/h3-6,11,17H,7H2,1-2H3. The lowest BCUT2D eigenvalue weighted by Gasteiger charge is -2.10. The maximum absolute atomic E-state index is 10.1. The zero-order valence-corrected chi connectivity index (χ0v) is 10.5. The van der Waals surface area contributed by atoms with Crippen molar-refractivity contribution in [1.29, 1.82) is 0 Å². The largest absolute Gasteiger partial charge is 0.388 e. The number of rotatable bonds is 3. The SMILES string of the molecule is Cc1nn(C)c(Cl)c1CC(O)c1ccncc1. The Hall–Kier alpha value is -1.39. The molecule has 1 atom stereocenters. The highest BCUT2D eigenvalue weighted by molar-refractivity contribution is 6.30. The quantitative estimate of drug-likeness (QED) is 0.908. The van der Waals surface area contributed by atoms with Crippen LogP contribution in [0, 0.1) is 6.92 Å². The highest BCUT2D eigenvalue weighted by Crippen LogP contribution is 2.25. The lowest BCUT2D eigenvalue weighted by molar-refractivity contribution is 0.178. The number of aliphatic hydroxyl groups excluding tert-OH is 1. The lowest BCUT2D eigenvalue weighted by atomic mass is 10.0. The summed E-state index contributed by atoms with van der Waals surface area (Å²) in [5, 5.41) is 14.9. The van der Waals surface area contributed by atoms with Crippen molar-refractivity contribution in [1.82, 2.24) is 14.8 Å². The smallest absolute Gasteiger partial charge is 0.130 e. The number of aryl methyl sites for hydroxylation is 2. The first-order chi connectivity index (χ1) is 8.09.